The molecule has 2 aliphatic rings. The number of nitrogens with zero attached hydrogens (tertiary/aromatic N) is 1. The molecule has 0 aromatic heterocycles. The van der Waals surface area contributed by atoms with Gasteiger partial charge >= 0.3 is 5.97 Å². The first-order chi connectivity index (χ1) is 11.6. The first-order valence-corrected chi connectivity index (χ1v) is 9.99. The number of amides is 1. The molecule has 24 heavy (non-hydrogen) atoms. The van der Waals surface area contributed by atoms with E-state index < -0.39 is 0 Å². The predicted octanol–water partition coefficient (Wildman–Crippen LogP) is 4.32. The van der Waals surface area contributed by atoms with Crippen molar-refractivity contribution in [3.63, 3.8) is 0 Å². The van der Waals surface area contributed by atoms with Crippen molar-refractivity contribution in [1.82, 2.24) is 4.90 Å². The van der Waals surface area contributed by atoms with Crippen LogP contribution >= 0.6 is 0 Å². The summed E-state index contributed by atoms with van der Waals surface area (Å²) in [6, 6.07) is 0.324. The van der Waals surface area contributed by atoms with Gasteiger partial charge < -0.3 is 9.64 Å². The van der Waals surface area contributed by atoms with Crippen molar-refractivity contribution in [1.29, 1.82) is 0 Å². The minimum absolute atomic E-state index is 0.212. The summed E-state index contributed by atoms with van der Waals surface area (Å²) in [5.74, 6) is 0.531. The van der Waals surface area contributed by atoms with E-state index in [-0.39, 0.29) is 17.8 Å². The average Bonchev–Trinajstić information content (AvgIpc) is 2.64. The molecule has 2 saturated carbocycles. The molecule has 1 atom stereocenters. The van der Waals surface area contributed by atoms with Gasteiger partial charge in [-0.05, 0) is 25.2 Å². The van der Waals surface area contributed by atoms with E-state index in [4.69, 9.17) is 4.74 Å². The topological polar surface area (TPSA) is 46.6 Å². The third-order valence-corrected chi connectivity index (χ3v) is 5.90. The SMILES string of the molecule is COC(=O)C(C)CN(C(=O)CCC1CCCCC1)C1CCCCC1. The van der Waals surface area contributed by atoms with Gasteiger partial charge in [0.15, 0.2) is 0 Å². The molecule has 138 valence electrons. The van der Waals surface area contributed by atoms with Crippen LogP contribution in [0.15, 0.2) is 0 Å². The molecule has 2 aliphatic carbocycles. The van der Waals surface area contributed by atoms with E-state index in [9.17, 15) is 9.59 Å². The number of carbonyl (C=O) groups is 2. The number of esters is 1. The van der Waals surface area contributed by atoms with Gasteiger partial charge in [0.25, 0.3) is 0 Å². The Morgan fingerprint density at radius 2 is 1.58 bits per heavy atom. The van der Waals surface area contributed by atoms with E-state index >= 15 is 0 Å². The Hall–Kier alpha value is -1.06. The van der Waals surface area contributed by atoms with Crippen molar-refractivity contribution in [2.45, 2.75) is 90.0 Å². The van der Waals surface area contributed by atoms with Gasteiger partial charge in [-0.2, -0.15) is 0 Å². The van der Waals surface area contributed by atoms with E-state index in [1.807, 2.05) is 11.8 Å². The molecular weight excluding hydrogens is 302 g/mol. The number of carbonyl (C=O) groups excluding carboxylic acids is 2. The zero-order valence-electron chi connectivity index (χ0n) is 15.6. The second-order valence-corrected chi connectivity index (χ2v) is 7.80. The summed E-state index contributed by atoms with van der Waals surface area (Å²) in [5, 5.41) is 0. The first kappa shape index (κ1) is 19.3. The Balaban J connectivity index is 1.92. The van der Waals surface area contributed by atoms with Gasteiger partial charge in [0.05, 0.1) is 13.0 Å². The largest absolute Gasteiger partial charge is 0.469 e. The van der Waals surface area contributed by atoms with Crippen molar-refractivity contribution in [3.8, 4) is 0 Å². The quantitative estimate of drug-likeness (QED) is 0.650. The van der Waals surface area contributed by atoms with Gasteiger partial charge in [-0.3, -0.25) is 9.59 Å². The Labute approximate surface area is 147 Å². The lowest BCUT2D eigenvalue weighted by Gasteiger charge is -2.36. The predicted molar refractivity (Wildman–Crippen MR) is 95.6 cm³/mol. The van der Waals surface area contributed by atoms with Crippen LogP contribution in [0.1, 0.15) is 84.0 Å². The van der Waals surface area contributed by atoms with Crippen LogP contribution in [0, 0.1) is 11.8 Å². The van der Waals surface area contributed by atoms with E-state index in [0.29, 0.717) is 19.0 Å². The summed E-state index contributed by atoms with van der Waals surface area (Å²) in [5.41, 5.74) is 0. The molecule has 0 radical (unpaired) electrons. The number of rotatable bonds is 7. The van der Waals surface area contributed by atoms with Crippen LogP contribution < -0.4 is 0 Å². The van der Waals surface area contributed by atoms with E-state index in [1.54, 1.807) is 0 Å². The average molecular weight is 338 g/mol. The molecule has 2 rings (SSSR count). The Kier molecular flexibility index (Phi) is 8.07. The summed E-state index contributed by atoms with van der Waals surface area (Å²) < 4.78 is 4.86. The molecule has 0 aliphatic heterocycles. The van der Waals surface area contributed by atoms with Gasteiger partial charge in [0, 0.05) is 19.0 Å². The molecule has 2 fully saturated rings. The number of ether oxygens (including phenoxy) is 1. The number of hydrogen-bond donors (Lipinski definition) is 0. The van der Waals surface area contributed by atoms with Crippen LogP contribution in [0.3, 0.4) is 0 Å². The Morgan fingerprint density at radius 3 is 2.17 bits per heavy atom. The Bertz CT molecular complexity index is 398. The van der Waals surface area contributed by atoms with Gasteiger partial charge in [-0.1, -0.05) is 58.3 Å². The first-order valence-electron chi connectivity index (χ1n) is 9.99. The maximum atomic E-state index is 12.9. The molecule has 1 unspecified atom stereocenters. The summed E-state index contributed by atoms with van der Waals surface area (Å²) in [6.45, 7) is 2.39. The fourth-order valence-corrected chi connectivity index (χ4v) is 4.37. The highest BCUT2D eigenvalue weighted by Crippen LogP contribution is 2.29. The fraction of sp³-hybridized carbons (Fsp3) is 0.900. The maximum absolute atomic E-state index is 12.9. The monoisotopic (exact) mass is 337 g/mol. The Morgan fingerprint density at radius 1 is 1.00 bits per heavy atom. The third kappa shape index (κ3) is 5.78. The number of methoxy groups -OCH3 is 1. The summed E-state index contributed by atoms with van der Waals surface area (Å²) in [6.07, 6.45) is 14.1. The van der Waals surface area contributed by atoms with Crippen LogP contribution in [-0.4, -0.2) is 36.5 Å². The smallest absolute Gasteiger partial charge is 0.310 e. The van der Waals surface area contributed by atoms with Crippen molar-refractivity contribution >= 4 is 11.9 Å². The third-order valence-electron chi connectivity index (χ3n) is 5.90. The van der Waals surface area contributed by atoms with Gasteiger partial charge in [-0.25, -0.2) is 0 Å². The molecule has 4 heteroatoms. The van der Waals surface area contributed by atoms with Gasteiger partial charge in [0.1, 0.15) is 0 Å². The molecule has 0 bridgehead atoms. The highest BCUT2D eigenvalue weighted by atomic mass is 16.5. The summed E-state index contributed by atoms with van der Waals surface area (Å²) in [4.78, 5) is 26.7. The lowest BCUT2D eigenvalue weighted by atomic mass is 9.86. The van der Waals surface area contributed by atoms with Crippen molar-refractivity contribution < 1.29 is 14.3 Å². The molecule has 1 amide bonds. The van der Waals surface area contributed by atoms with E-state index in [1.165, 1.54) is 58.5 Å². The second kappa shape index (κ2) is 10.0. The molecule has 0 aromatic rings. The highest BCUT2D eigenvalue weighted by molar-refractivity contribution is 5.78. The van der Waals surface area contributed by atoms with E-state index in [2.05, 4.69) is 0 Å². The maximum Gasteiger partial charge on any atom is 0.310 e. The minimum Gasteiger partial charge on any atom is -0.469 e. The van der Waals surface area contributed by atoms with Crippen LogP contribution in [0.2, 0.25) is 0 Å². The normalized spacial score (nSPS) is 21.2. The lowest BCUT2D eigenvalue weighted by Crippen LogP contribution is -2.45. The van der Waals surface area contributed by atoms with Gasteiger partial charge in [0.2, 0.25) is 5.91 Å². The van der Waals surface area contributed by atoms with Crippen molar-refractivity contribution in [3.05, 3.63) is 0 Å². The molecule has 0 aromatic carbocycles. The highest BCUT2D eigenvalue weighted by Gasteiger charge is 2.29. The summed E-state index contributed by atoms with van der Waals surface area (Å²) >= 11 is 0. The molecular formula is C20H35NO3. The fourth-order valence-electron chi connectivity index (χ4n) is 4.37. The molecule has 0 heterocycles. The standard InChI is InChI=1S/C20H35NO3/c1-16(20(23)24-2)15-21(18-11-7-4-8-12-18)19(22)14-13-17-9-5-3-6-10-17/h16-18H,3-15H2,1-2H3. The molecule has 4 nitrogen and oxygen atoms in total. The van der Waals surface area contributed by atoms with Crippen LogP contribution in [0.5, 0.6) is 0 Å². The van der Waals surface area contributed by atoms with Crippen LogP contribution in [0.4, 0.5) is 0 Å². The van der Waals surface area contributed by atoms with Crippen molar-refractivity contribution in [2.75, 3.05) is 13.7 Å². The van der Waals surface area contributed by atoms with Crippen LogP contribution in [0.25, 0.3) is 0 Å². The molecule has 0 spiro atoms. The van der Waals surface area contributed by atoms with Gasteiger partial charge in [-0.15, -0.1) is 0 Å². The lowest BCUT2D eigenvalue weighted by molar-refractivity contribution is -0.147. The van der Waals surface area contributed by atoms with E-state index in [0.717, 1.165) is 25.2 Å². The molecule has 0 saturated heterocycles. The van der Waals surface area contributed by atoms with Crippen LogP contribution in [-0.2, 0) is 14.3 Å². The zero-order chi connectivity index (χ0) is 17.4. The minimum atomic E-state index is -0.240. The zero-order valence-corrected chi connectivity index (χ0v) is 15.6. The molecule has 0 N–H and O–H groups in total. The second-order valence-electron chi connectivity index (χ2n) is 7.80. The summed E-state index contributed by atoms with van der Waals surface area (Å²) in [7, 11) is 1.43. The number of hydrogen-bond acceptors (Lipinski definition) is 3. The van der Waals surface area contributed by atoms with Crippen molar-refractivity contribution in [2.24, 2.45) is 11.8 Å².